The highest BCUT2D eigenvalue weighted by Crippen LogP contribution is 2.22. The Hall–Kier alpha value is -2.52. The van der Waals surface area contributed by atoms with Gasteiger partial charge in [0.1, 0.15) is 36.6 Å². The highest BCUT2D eigenvalue weighted by atomic mass is 16.7. The molecule has 0 unspecified atom stereocenters. The Balaban J connectivity index is 1.75. The first-order valence-corrected chi connectivity index (χ1v) is 15.4. The minimum Gasteiger partial charge on any atom is -0.388 e. The smallest absolute Gasteiger partial charge is 0.222 e. The number of hydrogen-bond acceptors (Lipinski definition) is 14. The van der Waals surface area contributed by atoms with Gasteiger partial charge in [0.2, 0.25) is 23.6 Å². The van der Waals surface area contributed by atoms with E-state index in [2.05, 4.69) is 10.6 Å². The second kappa shape index (κ2) is 20.0. The number of unbranched alkanes of at least 4 members (excludes halogenated alkanes) is 1. The minimum absolute atomic E-state index is 0.00699. The molecule has 2 saturated heterocycles. The SMILES string of the molecule is C[C@@H]1O[C@@H](OCCNC(=O)CCN(CCC(=O)NCCO[C@@H]2O[C@@H](C)[C@@H](O)[C@@H](O)[C@@H]2O)C(=O)CCCCC(N)=O)[C@@H](O)[C@H](O)[C@@H]1O. The summed E-state index contributed by atoms with van der Waals surface area (Å²) in [6.45, 7) is 2.98. The second-order valence-electron chi connectivity index (χ2n) is 11.4. The number of aliphatic hydroxyl groups excluding tert-OH is 6. The van der Waals surface area contributed by atoms with Crippen LogP contribution in [0.25, 0.3) is 0 Å². The summed E-state index contributed by atoms with van der Waals surface area (Å²) in [7, 11) is 0. The molecule has 18 heteroatoms. The highest BCUT2D eigenvalue weighted by molar-refractivity contribution is 5.80. The fraction of sp³-hybridized carbons (Fsp3) is 0.857. The van der Waals surface area contributed by atoms with Crippen molar-refractivity contribution in [3.8, 4) is 0 Å². The van der Waals surface area contributed by atoms with Gasteiger partial charge in [0.15, 0.2) is 12.6 Å². The molecule has 0 spiro atoms. The van der Waals surface area contributed by atoms with E-state index in [1.165, 1.54) is 18.7 Å². The monoisotopic (exact) mass is 666 g/mol. The van der Waals surface area contributed by atoms with Gasteiger partial charge < -0.3 is 70.9 Å². The van der Waals surface area contributed by atoms with E-state index in [1.54, 1.807) is 0 Å². The van der Waals surface area contributed by atoms with Crippen molar-refractivity contribution in [2.45, 2.75) is 114 Å². The number of primary amides is 1. The maximum atomic E-state index is 12.9. The molecule has 0 aromatic carbocycles. The quantitative estimate of drug-likeness (QED) is 0.0589. The fourth-order valence-corrected chi connectivity index (χ4v) is 4.78. The molecule has 0 radical (unpaired) electrons. The van der Waals surface area contributed by atoms with Crippen molar-refractivity contribution in [2.24, 2.45) is 5.73 Å². The summed E-state index contributed by atoms with van der Waals surface area (Å²) < 4.78 is 21.4. The molecule has 0 aromatic rings. The summed E-state index contributed by atoms with van der Waals surface area (Å²) in [6.07, 6.45) is -11.4. The Morgan fingerprint density at radius 1 is 0.652 bits per heavy atom. The standard InChI is InChI=1S/C28H50N4O14/c1-15-21(37)23(39)25(41)27(45-15)43-13-9-30-18(34)7-11-32(20(36)6-4-3-5-17(29)33)12-8-19(35)31-10-14-44-28-26(42)24(40)22(38)16(2)46-28/h15-16,21-28,37-42H,3-14H2,1-2H3,(H2,29,33)(H,30,34)(H,31,35)/t15-,16-,21+,22+,23+,24+,25-,26-,27+,28+/m0/s1. The zero-order chi connectivity index (χ0) is 34.4. The third kappa shape index (κ3) is 12.9. The van der Waals surface area contributed by atoms with Crippen molar-refractivity contribution in [3.63, 3.8) is 0 Å². The number of nitrogens with one attached hydrogen (secondary N) is 2. The zero-order valence-electron chi connectivity index (χ0n) is 26.2. The Morgan fingerprint density at radius 2 is 1.07 bits per heavy atom. The number of aliphatic hydroxyl groups is 6. The van der Waals surface area contributed by atoms with Gasteiger partial charge in [-0.15, -0.1) is 0 Å². The molecule has 0 bridgehead atoms. The van der Waals surface area contributed by atoms with Gasteiger partial charge in [0.05, 0.1) is 25.4 Å². The first-order chi connectivity index (χ1) is 21.7. The van der Waals surface area contributed by atoms with Crippen molar-refractivity contribution >= 4 is 23.6 Å². The summed E-state index contributed by atoms with van der Waals surface area (Å²) in [4.78, 5) is 50.1. The van der Waals surface area contributed by atoms with Gasteiger partial charge in [-0.1, -0.05) is 0 Å². The van der Waals surface area contributed by atoms with Gasteiger partial charge in [-0.25, -0.2) is 0 Å². The van der Waals surface area contributed by atoms with Crippen LogP contribution in [0.15, 0.2) is 0 Å². The Bertz CT molecular complexity index is 918. The van der Waals surface area contributed by atoms with Crippen molar-refractivity contribution in [3.05, 3.63) is 0 Å². The number of ether oxygens (including phenoxy) is 4. The minimum atomic E-state index is -1.47. The van der Waals surface area contributed by atoms with Gasteiger partial charge >= 0.3 is 0 Å². The Morgan fingerprint density at radius 3 is 1.48 bits per heavy atom. The molecule has 18 nitrogen and oxygen atoms in total. The van der Waals surface area contributed by atoms with Gasteiger partial charge in [0, 0.05) is 51.9 Å². The molecule has 2 aliphatic heterocycles. The maximum Gasteiger partial charge on any atom is 0.222 e. The van der Waals surface area contributed by atoms with Crippen LogP contribution in [-0.2, 0) is 38.1 Å². The van der Waals surface area contributed by atoms with Gasteiger partial charge in [-0.3, -0.25) is 19.2 Å². The lowest BCUT2D eigenvalue weighted by Gasteiger charge is -2.38. The predicted molar refractivity (Wildman–Crippen MR) is 156 cm³/mol. The average Bonchev–Trinajstić information content (AvgIpc) is 3.01. The van der Waals surface area contributed by atoms with Crippen LogP contribution >= 0.6 is 0 Å². The summed E-state index contributed by atoms with van der Waals surface area (Å²) in [6, 6.07) is 0. The number of nitrogens with two attached hydrogens (primary N) is 1. The van der Waals surface area contributed by atoms with Crippen molar-refractivity contribution in [1.82, 2.24) is 15.5 Å². The van der Waals surface area contributed by atoms with Gasteiger partial charge in [-0.2, -0.15) is 0 Å². The van der Waals surface area contributed by atoms with E-state index >= 15 is 0 Å². The van der Waals surface area contributed by atoms with E-state index in [1.807, 2.05) is 0 Å². The number of amides is 4. The first-order valence-electron chi connectivity index (χ1n) is 15.4. The highest BCUT2D eigenvalue weighted by Gasteiger charge is 2.43. The normalized spacial score (nSPS) is 31.2. The van der Waals surface area contributed by atoms with Crippen LogP contribution in [0.5, 0.6) is 0 Å². The molecule has 0 saturated carbocycles. The van der Waals surface area contributed by atoms with E-state index < -0.39 is 79.1 Å². The summed E-state index contributed by atoms with van der Waals surface area (Å²) in [5.41, 5.74) is 5.14. The molecule has 10 atom stereocenters. The average molecular weight is 667 g/mol. The predicted octanol–water partition coefficient (Wildman–Crippen LogP) is -4.44. The molecule has 2 fully saturated rings. The largest absolute Gasteiger partial charge is 0.388 e. The number of rotatable bonds is 19. The number of carbonyl (C=O) groups excluding carboxylic acids is 4. The Labute approximate surface area is 267 Å². The lowest BCUT2D eigenvalue weighted by atomic mass is 10.0. The van der Waals surface area contributed by atoms with Crippen LogP contribution in [0.2, 0.25) is 0 Å². The first kappa shape index (κ1) is 39.7. The topological polar surface area (TPSA) is 280 Å². The maximum absolute atomic E-state index is 12.9. The summed E-state index contributed by atoms with van der Waals surface area (Å²) in [5.74, 6) is -1.62. The second-order valence-corrected chi connectivity index (χ2v) is 11.4. The van der Waals surface area contributed by atoms with Gasteiger partial charge in [0.25, 0.3) is 0 Å². The third-order valence-electron chi connectivity index (χ3n) is 7.66. The van der Waals surface area contributed by atoms with Crippen LogP contribution in [0, 0.1) is 0 Å². The van der Waals surface area contributed by atoms with Crippen LogP contribution in [-0.4, -0.2) is 160 Å². The Kier molecular flexibility index (Phi) is 17.2. The molecule has 2 heterocycles. The van der Waals surface area contributed by atoms with Gasteiger partial charge in [-0.05, 0) is 26.7 Å². The number of hydrogen-bond donors (Lipinski definition) is 9. The molecular weight excluding hydrogens is 616 g/mol. The fourth-order valence-electron chi connectivity index (χ4n) is 4.78. The molecule has 0 aliphatic carbocycles. The van der Waals surface area contributed by atoms with E-state index in [0.717, 1.165) is 0 Å². The molecule has 0 aromatic heterocycles. The van der Waals surface area contributed by atoms with Crippen LogP contribution in [0.1, 0.15) is 52.4 Å². The molecule has 10 N–H and O–H groups in total. The molecule has 46 heavy (non-hydrogen) atoms. The van der Waals surface area contributed by atoms with Crippen molar-refractivity contribution < 1.29 is 68.8 Å². The van der Waals surface area contributed by atoms with E-state index in [0.29, 0.717) is 12.8 Å². The zero-order valence-corrected chi connectivity index (χ0v) is 26.2. The molecule has 2 aliphatic rings. The molecular formula is C28H50N4O14. The van der Waals surface area contributed by atoms with E-state index in [4.69, 9.17) is 24.7 Å². The lowest BCUT2D eigenvalue weighted by Crippen LogP contribution is -2.57. The van der Waals surface area contributed by atoms with E-state index in [-0.39, 0.29) is 71.0 Å². The lowest BCUT2D eigenvalue weighted by molar-refractivity contribution is -0.292. The molecule has 2 rings (SSSR count). The third-order valence-corrected chi connectivity index (χ3v) is 7.66. The summed E-state index contributed by atoms with van der Waals surface area (Å²) in [5, 5.41) is 64.5. The van der Waals surface area contributed by atoms with Crippen molar-refractivity contribution in [2.75, 3.05) is 39.4 Å². The van der Waals surface area contributed by atoms with Crippen molar-refractivity contribution in [1.29, 1.82) is 0 Å². The van der Waals surface area contributed by atoms with Crippen LogP contribution in [0.3, 0.4) is 0 Å². The number of nitrogens with zero attached hydrogens (tertiary/aromatic N) is 1. The molecule has 4 amide bonds. The van der Waals surface area contributed by atoms with E-state index in [9.17, 15) is 49.8 Å². The summed E-state index contributed by atoms with van der Waals surface area (Å²) >= 11 is 0. The number of carbonyl (C=O) groups is 4. The van der Waals surface area contributed by atoms with Crippen LogP contribution in [0.4, 0.5) is 0 Å². The molecule has 266 valence electrons. The van der Waals surface area contributed by atoms with Crippen LogP contribution < -0.4 is 16.4 Å².